The average molecular weight is 697 g/mol. The van der Waals surface area contributed by atoms with Crippen LogP contribution in [0.15, 0.2) is 53.5 Å². The standard InChI is InChI=1S/C33H28F8N4O4/c1-16-12-21(32(36,37)38)26(30(47)44(16)2)20-9-8-17(19-6-5-10-42-28(19)20)13-24(31(48)49)43-29(46)27-22(34)14-18(15-23(27)35)45-11-4-3-7-25(45)33(39,40)41/h5-6,8-10,12,14-15,24-25H,3-4,7,11,13H2,1-2H3,(H,43,46)(H,48,49)/t24-,25+/m0/s1. The van der Waals surface area contributed by atoms with Crippen molar-refractivity contribution in [1.29, 1.82) is 0 Å². The Hall–Kier alpha value is -5.02. The van der Waals surface area contributed by atoms with Crippen LogP contribution in [-0.4, -0.2) is 51.3 Å². The first-order valence-corrected chi connectivity index (χ1v) is 14.9. The number of hydrogen-bond acceptors (Lipinski definition) is 5. The van der Waals surface area contributed by atoms with Crippen molar-refractivity contribution in [1.82, 2.24) is 14.9 Å². The number of amides is 1. The molecule has 1 aliphatic rings. The molecule has 1 saturated heterocycles. The molecule has 16 heteroatoms. The number of benzene rings is 2. The van der Waals surface area contributed by atoms with Gasteiger partial charge in [-0.1, -0.05) is 18.2 Å². The number of carbonyl (C=O) groups is 2. The molecule has 49 heavy (non-hydrogen) atoms. The van der Waals surface area contributed by atoms with Crippen molar-refractivity contribution in [3.05, 3.63) is 93.0 Å². The fourth-order valence-electron chi connectivity index (χ4n) is 6.09. The van der Waals surface area contributed by atoms with Gasteiger partial charge in [-0.25, -0.2) is 13.6 Å². The topological polar surface area (TPSA) is 105 Å². The first-order valence-electron chi connectivity index (χ1n) is 14.9. The van der Waals surface area contributed by atoms with E-state index >= 15 is 8.78 Å². The molecule has 0 spiro atoms. The molecule has 5 rings (SSSR count). The Balaban J connectivity index is 1.48. The second-order valence-corrected chi connectivity index (χ2v) is 11.7. The minimum Gasteiger partial charge on any atom is -0.480 e. The molecule has 0 saturated carbocycles. The van der Waals surface area contributed by atoms with Crippen LogP contribution in [0, 0.1) is 18.6 Å². The van der Waals surface area contributed by atoms with Crippen LogP contribution in [-0.2, 0) is 24.4 Å². The summed E-state index contributed by atoms with van der Waals surface area (Å²) < 4.78 is 114. The number of alkyl halides is 6. The van der Waals surface area contributed by atoms with Gasteiger partial charge in [0.15, 0.2) is 0 Å². The van der Waals surface area contributed by atoms with E-state index in [0.717, 1.165) is 15.5 Å². The quantitative estimate of drug-likeness (QED) is 0.213. The molecule has 0 bridgehead atoms. The van der Waals surface area contributed by atoms with E-state index in [1.807, 2.05) is 5.32 Å². The summed E-state index contributed by atoms with van der Waals surface area (Å²) in [5.74, 6) is -6.17. The molecule has 2 N–H and O–H groups in total. The lowest BCUT2D eigenvalue weighted by Crippen LogP contribution is -2.49. The number of pyridine rings is 2. The predicted molar refractivity (Wildman–Crippen MR) is 162 cm³/mol. The van der Waals surface area contributed by atoms with E-state index < -0.39 is 82.3 Å². The van der Waals surface area contributed by atoms with Crippen LogP contribution < -0.4 is 15.8 Å². The zero-order valence-corrected chi connectivity index (χ0v) is 25.8. The van der Waals surface area contributed by atoms with Crippen molar-refractivity contribution in [2.24, 2.45) is 7.05 Å². The van der Waals surface area contributed by atoms with Crippen LogP contribution in [0.4, 0.5) is 40.8 Å². The van der Waals surface area contributed by atoms with Crippen molar-refractivity contribution < 1.29 is 49.8 Å². The number of nitrogens with one attached hydrogen (secondary N) is 1. The Bertz CT molecular complexity index is 1980. The van der Waals surface area contributed by atoms with E-state index in [-0.39, 0.29) is 47.1 Å². The lowest BCUT2D eigenvalue weighted by Gasteiger charge is -2.38. The van der Waals surface area contributed by atoms with E-state index in [2.05, 4.69) is 4.98 Å². The number of hydrogen-bond donors (Lipinski definition) is 2. The second kappa shape index (κ2) is 13.1. The van der Waals surface area contributed by atoms with Gasteiger partial charge >= 0.3 is 18.3 Å². The summed E-state index contributed by atoms with van der Waals surface area (Å²) >= 11 is 0. The molecule has 2 atom stereocenters. The van der Waals surface area contributed by atoms with Crippen LogP contribution >= 0.6 is 0 Å². The maximum Gasteiger partial charge on any atom is 0.417 e. The van der Waals surface area contributed by atoms with Crippen LogP contribution in [0.5, 0.6) is 0 Å². The van der Waals surface area contributed by atoms with Gasteiger partial charge in [-0.15, -0.1) is 0 Å². The number of carbonyl (C=O) groups excluding carboxylic acids is 1. The third-order valence-electron chi connectivity index (χ3n) is 8.60. The Morgan fingerprint density at radius 3 is 2.33 bits per heavy atom. The van der Waals surface area contributed by atoms with Crippen LogP contribution in [0.2, 0.25) is 0 Å². The lowest BCUT2D eigenvalue weighted by atomic mass is 9.93. The van der Waals surface area contributed by atoms with E-state index in [9.17, 15) is 45.8 Å². The number of aliphatic carboxylic acids is 1. The Labute approximate surface area is 273 Å². The molecule has 0 aliphatic carbocycles. The summed E-state index contributed by atoms with van der Waals surface area (Å²) in [5, 5.41) is 12.1. The first-order chi connectivity index (χ1) is 22.9. The summed E-state index contributed by atoms with van der Waals surface area (Å²) in [6, 6.07) is 3.42. The van der Waals surface area contributed by atoms with Crippen molar-refractivity contribution in [3.63, 3.8) is 0 Å². The van der Waals surface area contributed by atoms with Gasteiger partial charge in [-0.2, -0.15) is 26.3 Å². The minimum absolute atomic E-state index is 0.0505. The Morgan fingerprint density at radius 1 is 1.04 bits per heavy atom. The fraction of sp³-hybridized carbons (Fsp3) is 0.333. The molecule has 1 fully saturated rings. The van der Waals surface area contributed by atoms with Gasteiger partial charge in [-0.05, 0) is 56.0 Å². The van der Waals surface area contributed by atoms with Gasteiger partial charge in [0, 0.05) is 48.5 Å². The zero-order valence-electron chi connectivity index (χ0n) is 25.8. The molecule has 4 aromatic rings. The number of halogens is 8. The van der Waals surface area contributed by atoms with Crippen molar-refractivity contribution in [2.45, 2.75) is 57.0 Å². The number of anilines is 1. The van der Waals surface area contributed by atoms with E-state index in [4.69, 9.17) is 0 Å². The van der Waals surface area contributed by atoms with Gasteiger partial charge in [0.2, 0.25) is 0 Å². The number of aryl methyl sites for hydroxylation is 1. The smallest absolute Gasteiger partial charge is 0.417 e. The third-order valence-corrected chi connectivity index (χ3v) is 8.60. The highest BCUT2D eigenvalue weighted by Crippen LogP contribution is 2.39. The van der Waals surface area contributed by atoms with E-state index in [1.165, 1.54) is 44.4 Å². The maximum atomic E-state index is 15.2. The summed E-state index contributed by atoms with van der Waals surface area (Å²) in [5.41, 5.74) is -4.55. The molecular weight excluding hydrogens is 668 g/mol. The van der Waals surface area contributed by atoms with Crippen LogP contribution in [0.25, 0.3) is 22.0 Å². The number of aromatic nitrogens is 2. The number of rotatable bonds is 7. The molecule has 2 aromatic carbocycles. The Kier molecular flexibility index (Phi) is 9.45. The zero-order chi connectivity index (χ0) is 36.0. The van der Waals surface area contributed by atoms with Crippen LogP contribution in [0.3, 0.4) is 0 Å². The first kappa shape index (κ1) is 35.3. The van der Waals surface area contributed by atoms with Crippen molar-refractivity contribution in [3.8, 4) is 11.1 Å². The van der Waals surface area contributed by atoms with Gasteiger partial charge in [-0.3, -0.25) is 14.6 Å². The molecule has 1 aliphatic heterocycles. The molecule has 0 unspecified atom stereocenters. The summed E-state index contributed by atoms with van der Waals surface area (Å²) in [4.78, 5) is 43.4. The maximum absolute atomic E-state index is 15.2. The second-order valence-electron chi connectivity index (χ2n) is 11.7. The highest BCUT2D eigenvalue weighted by Gasteiger charge is 2.45. The molecular formula is C33H28F8N4O4. The normalized spacial score (nSPS) is 16.1. The predicted octanol–water partition coefficient (Wildman–Crippen LogP) is 6.55. The van der Waals surface area contributed by atoms with Gasteiger partial charge in [0.25, 0.3) is 11.5 Å². The largest absolute Gasteiger partial charge is 0.480 e. The van der Waals surface area contributed by atoms with Gasteiger partial charge < -0.3 is 19.9 Å². The molecule has 1 amide bonds. The highest BCUT2D eigenvalue weighted by molar-refractivity contribution is 5.99. The number of piperidine rings is 1. The molecule has 2 aromatic heterocycles. The van der Waals surface area contributed by atoms with E-state index in [1.54, 1.807) is 0 Å². The van der Waals surface area contributed by atoms with Crippen molar-refractivity contribution >= 4 is 28.5 Å². The molecule has 8 nitrogen and oxygen atoms in total. The summed E-state index contributed by atoms with van der Waals surface area (Å²) in [6.07, 6.45) is -8.55. The molecule has 260 valence electrons. The summed E-state index contributed by atoms with van der Waals surface area (Å²) in [6.45, 7) is 1.21. The van der Waals surface area contributed by atoms with E-state index in [0.29, 0.717) is 18.6 Å². The lowest BCUT2D eigenvalue weighted by molar-refractivity contribution is -0.152. The number of fused-ring (bicyclic) bond motifs is 1. The van der Waals surface area contributed by atoms with Crippen LogP contribution in [0.1, 0.15) is 46.4 Å². The van der Waals surface area contributed by atoms with Crippen molar-refractivity contribution in [2.75, 3.05) is 11.4 Å². The minimum atomic E-state index is -4.91. The summed E-state index contributed by atoms with van der Waals surface area (Å²) in [7, 11) is 1.30. The van der Waals surface area contributed by atoms with Gasteiger partial charge in [0.1, 0.15) is 29.3 Å². The fourth-order valence-corrected chi connectivity index (χ4v) is 6.09. The highest BCUT2D eigenvalue weighted by atomic mass is 19.4. The average Bonchev–Trinajstić information content (AvgIpc) is 3.02. The third kappa shape index (κ3) is 6.94. The number of carboxylic acids is 1. The number of carboxylic acid groups (broad SMARTS) is 1. The number of nitrogens with zero attached hydrogens (tertiary/aromatic N) is 3. The SMILES string of the molecule is Cc1cc(C(F)(F)F)c(-c2ccc(C[C@H](NC(=O)c3c(F)cc(N4CCCC[C@@H]4C(F)(F)F)cc3F)C(=O)O)c3cccnc23)c(=O)n1C. The molecule has 0 radical (unpaired) electrons. The Morgan fingerprint density at radius 2 is 1.71 bits per heavy atom. The van der Waals surface area contributed by atoms with Gasteiger partial charge in [0.05, 0.1) is 16.6 Å². The monoisotopic (exact) mass is 696 g/mol. The molecule has 3 heterocycles.